The number of aromatic nitrogens is 2. The van der Waals surface area contributed by atoms with Crippen molar-refractivity contribution in [1.29, 1.82) is 0 Å². The Labute approximate surface area is 174 Å². The Morgan fingerprint density at radius 1 is 1.33 bits per heavy atom. The van der Waals surface area contributed by atoms with Crippen LogP contribution in [0.25, 0.3) is 0 Å². The van der Waals surface area contributed by atoms with Gasteiger partial charge in [-0.25, -0.2) is 4.99 Å². The molecule has 0 unspecified atom stereocenters. The highest BCUT2D eigenvalue weighted by molar-refractivity contribution is 14.0. The number of guanidine groups is 1. The molecule has 0 radical (unpaired) electrons. The van der Waals surface area contributed by atoms with Crippen molar-refractivity contribution in [3.05, 3.63) is 42.2 Å². The normalized spacial score (nSPS) is 11.1. The summed E-state index contributed by atoms with van der Waals surface area (Å²) < 4.78 is 36.7. The first-order valence-electron chi connectivity index (χ1n) is 8.23. The molecule has 27 heavy (non-hydrogen) atoms. The van der Waals surface area contributed by atoms with Crippen molar-refractivity contribution >= 4 is 29.9 Å². The van der Waals surface area contributed by atoms with Gasteiger partial charge in [0.05, 0.1) is 20.2 Å². The third-order valence-corrected chi connectivity index (χ3v) is 3.43. The van der Waals surface area contributed by atoms with Crippen LogP contribution in [0.4, 0.5) is 8.78 Å². The van der Waals surface area contributed by atoms with E-state index in [1.54, 1.807) is 23.0 Å². The number of alkyl halides is 2. The van der Waals surface area contributed by atoms with Crippen molar-refractivity contribution in [3.8, 4) is 11.5 Å². The van der Waals surface area contributed by atoms with Crippen LogP contribution >= 0.6 is 24.0 Å². The lowest BCUT2D eigenvalue weighted by Gasteiger charge is -2.13. The largest absolute Gasteiger partial charge is 0.497 e. The highest BCUT2D eigenvalue weighted by Crippen LogP contribution is 2.26. The molecule has 0 aliphatic rings. The minimum atomic E-state index is -2.90. The molecule has 0 bridgehead atoms. The Bertz CT molecular complexity index is 699. The van der Waals surface area contributed by atoms with Gasteiger partial charge in [-0.05, 0) is 31.2 Å². The van der Waals surface area contributed by atoms with Gasteiger partial charge in [0.15, 0.2) is 5.96 Å². The fourth-order valence-corrected chi connectivity index (χ4v) is 2.24. The molecule has 0 fully saturated rings. The summed E-state index contributed by atoms with van der Waals surface area (Å²) in [7, 11) is 1.51. The monoisotopic (exact) mass is 495 g/mol. The number of methoxy groups -OCH3 is 1. The zero-order valence-corrected chi connectivity index (χ0v) is 17.5. The van der Waals surface area contributed by atoms with Gasteiger partial charge in [0.2, 0.25) is 0 Å². The van der Waals surface area contributed by atoms with Gasteiger partial charge in [0.1, 0.15) is 11.5 Å². The van der Waals surface area contributed by atoms with Gasteiger partial charge < -0.3 is 20.1 Å². The molecule has 150 valence electrons. The molecule has 0 aliphatic heterocycles. The number of hydrogen-bond acceptors (Lipinski definition) is 4. The standard InChI is InChI=1S/C17H23F2N5O2.HI/c1-3-20-17(21-8-10-24-9-4-7-23-24)22-12-13-11-14(25-2)5-6-15(13)26-16(18)19;/h4-7,9,11,16H,3,8,10,12H2,1-2H3,(H2,20,21,22);1H. The SMILES string of the molecule is CCNC(=NCc1cc(OC)ccc1OC(F)F)NCCn1cccn1.I. The smallest absolute Gasteiger partial charge is 0.387 e. The molecule has 0 saturated carbocycles. The van der Waals surface area contributed by atoms with Crippen molar-refractivity contribution in [2.45, 2.75) is 26.6 Å². The van der Waals surface area contributed by atoms with Crippen LogP contribution < -0.4 is 20.1 Å². The second-order valence-electron chi connectivity index (χ2n) is 5.24. The minimum Gasteiger partial charge on any atom is -0.497 e. The maximum atomic E-state index is 12.6. The first-order valence-corrected chi connectivity index (χ1v) is 8.23. The molecule has 0 spiro atoms. The van der Waals surface area contributed by atoms with Crippen LogP contribution in [0.5, 0.6) is 11.5 Å². The number of ether oxygens (including phenoxy) is 2. The van der Waals surface area contributed by atoms with Crippen LogP contribution in [0.3, 0.4) is 0 Å². The average Bonchev–Trinajstić information content (AvgIpc) is 3.13. The van der Waals surface area contributed by atoms with E-state index in [2.05, 4.69) is 25.5 Å². The fourth-order valence-electron chi connectivity index (χ4n) is 2.24. The maximum Gasteiger partial charge on any atom is 0.387 e. The van der Waals surface area contributed by atoms with Crippen molar-refractivity contribution in [2.24, 2.45) is 4.99 Å². The van der Waals surface area contributed by atoms with Crippen molar-refractivity contribution in [2.75, 3.05) is 20.2 Å². The van der Waals surface area contributed by atoms with Crippen molar-refractivity contribution < 1.29 is 18.3 Å². The Balaban J connectivity index is 0.00000364. The molecule has 7 nitrogen and oxygen atoms in total. The first-order chi connectivity index (χ1) is 12.6. The molecule has 1 aromatic heterocycles. The van der Waals surface area contributed by atoms with Crippen molar-refractivity contribution in [1.82, 2.24) is 20.4 Å². The van der Waals surface area contributed by atoms with Gasteiger partial charge in [-0.2, -0.15) is 13.9 Å². The van der Waals surface area contributed by atoms with E-state index in [0.29, 0.717) is 36.9 Å². The summed E-state index contributed by atoms with van der Waals surface area (Å²) in [6, 6.07) is 6.51. The van der Waals surface area contributed by atoms with Gasteiger partial charge in [-0.3, -0.25) is 4.68 Å². The number of nitrogens with zero attached hydrogens (tertiary/aromatic N) is 3. The van der Waals surface area contributed by atoms with E-state index >= 15 is 0 Å². The van der Waals surface area contributed by atoms with E-state index < -0.39 is 6.61 Å². The number of nitrogens with one attached hydrogen (secondary N) is 2. The summed E-state index contributed by atoms with van der Waals surface area (Å²) in [5, 5.41) is 10.4. The molecule has 0 amide bonds. The van der Waals surface area contributed by atoms with Gasteiger partial charge in [0, 0.05) is 31.0 Å². The predicted molar refractivity (Wildman–Crippen MR) is 110 cm³/mol. The third kappa shape index (κ3) is 7.97. The lowest BCUT2D eigenvalue weighted by molar-refractivity contribution is -0.0504. The quantitative estimate of drug-likeness (QED) is 0.318. The molecule has 2 rings (SSSR count). The molecule has 1 heterocycles. The Hall–Kier alpha value is -2.11. The summed E-state index contributed by atoms with van der Waals surface area (Å²) in [4.78, 5) is 4.43. The molecule has 10 heteroatoms. The Kier molecular flexibility index (Phi) is 10.5. The topological polar surface area (TPSA) is 72.7 Å². The second kappa shape index (κ2) is 12.3. The van der Waals surface area contributed by atoms with Crippen LogP contribution in [0, 0.1) is 0 Å². The van der Waals surface area contributed by atoms with Crippen LogP contribution in [-0.4, -0.2) is 42.6 Å². The van der Waals surface area contributed by atoms with Crippen LogP contribution in [-0.2, 0) is 13.1 Å². The lowest BCUT2D eigenvalue weighted by atomic mass is 10.2. The third-order valence-electron chi connectivity index (χ3n) is 3.43. The van der Waals surface area contributed by atoms with Crippen LogP contribution in [0.1, 0.15) is 12.5 Å². The van der Waals surface area contributed by atoms with E-state index in [9.17, 15) is 8.78 Å². The van der Waals surface area contributed by atoms with E-state index in [4.69, 9.17) is 4.74 Å². The molecule has 2 N–H and O–H groups in total. The zero-order chi connectivity index (χ0) is 18.8. The Morgan fingerprint density at radius 3 is 2.78 bits per heavy atom. The molecular formula is C17H24F2IN5O2. The zero-order valence-electron chi connectivity index (χ0n) is 15.2. The number of rotatable bonds is 9. The maximum absolute atomic E-state index is 12.6. The van der Waals surface area contributed by atoms with E-state index in [-0.39, 0.29) is 36.3 Å². The van der Waals surface area contributed by atoms with E-state index in [0.717, 1.165) is 0 Å². The number of halogens is 3. The second-order valence-corrected chi connectivity index (χ2v) is 5.24. The number of aliphatic imine (C=N–C) groups is 1. The molecule has 1 aromatic carbocycles. The molecule has 0 atom stereocenters. The summed E-state index contributed by atoms with van der Waals surface area (Å²) in [6.07, 6.45) is 3.59. The highest BCUT2D eigenvalue weighted by atomic mass is 127. The molecule has 0 aliphatic carbocycles. The Morgan fingerprint density at radius 2 is 2.15 bits per heavy atom. The molecule has 2 aromatic rings. The van der Waals surface area contributed by atoms with Gasteiger partial charge in [0.25, 0.3) is 0 Å². The van der Waals surface area contributed by atoms with Crippen LogP contribution in [0.2, 0.25) is 0 Å². The number of hydrogen-bond donors (Lipinski definition) is 2. The summed E-state index contributed by atoms with van der Waals surface area (Å²) in [5.41, 5.74) is 0.508. The summed E-state index contributed by atoms with van der Waals surface area (Å²) in [6.45, 7) is 1.18. The molecular weight excluding hydrogens is 471 g/mol. The summed E-state index contributed by atoms with van der Waals surface area (Å²) >= 11 is 0. The minimum absolute atomic E-state index is 0. The van der Waals surface area contributed by atoms with Gasteiger partial charge >= 0.3 is 6.61 Å². The predicted octanol–water partition coefficient (Wildman–Crippen LogP) is 2.87. The lowest BCUT2D eigenvalue weighted by Crippen LogP contribution is -2.38. The van der Waals surface area contributed by atoms with E-state index in [1.807, 2.05) is 19.2 Å². The summed E-state index contributed by atoms with van der Waals surface area (Å²) in [5.74, 6) is 1.20. The van der Waals surface area contributed by atoms with Crippen molar-refractivity contribution in [3.63, 3.8) is 0 Å². The fraction of sp³-hybridized carbons (Fsp3) is 0.412. The van der Waals surface area contributed by atoms with Gasteiger partial charge in [-0.1, -0.05) is 0 Å². The molecule has 0 saturated heterocycles. The highest BCUT2D eigenvalue weighted by Gasteiger charge is 2.11. The number of benzene rings is 1. The van der Waals surface area contributed by atoms with E-state index in [1.165, 1.54) is 13.2 Å². The van der Waals surface area contributed by atoms with Crippen LogP contribution in [0.15, 0.2) is 41.7 Å². The van der Waals surface area contributed by atoms with Gasteiger partial charge in [-0.15, -0.1) is 24.0 Å². The first kappa shape index (κ1) is 22.9. The average molecular weight is 495 g/mol.